The number of aryl methyl sites for hydroxylation is 1. The van der Waals surface area contributed by atoms with E-state index in [4.69, 9.17) is 10.4 Å². The maximum atomic E-state index is 11.5. The van der Waals surface area contributed by atoms with Gasteiger partial charge < -0.3 is 15.0 Å². The summed E-state index contributed by atoms with van der Waals surface area (Å²) in [5.41, 5.74) is -0.0297. The van der Waals surface area contributed by atoms with E-state index in [2.05, 4.69) is 10.3 Å². The number of nitrogens with one attached hydrogen (secondary N) is 1. The van der Waals surface area contributed by atoms with E-state index in [1.165, 1.54) is 10.8 Å². The van der Waals surface area contributed by atoms with Crippen LogP contribution in [0.1, 0.15) is 22.7 Å². The third kappa shape index (κ3) is 3.31. The summed E-state index contributed by atoms with van der Waals surface area (Å²) in [5, 5.41) is 19.7. The fourth-order valence-electron chi connectivity index (χ4n) is 1.30. The van der Waals surface area contributed by atoms with Crippen molar-refractivity contribution in [2.24, 2.45) is 0 Å². The average molecular weight is 236 g/mol. The topological polar surface area (TPSA) is 108 Å². The van der Waals surface area contributed by atoms with Crippen LogP contribution in [0.25, 0.3) is 0 Å². The number of rotatable bonds is 5. The molecule has 0 bridgehead atoms. The monoisotopic (exact) mass is 236 g/mol. The summed E-state index contributed by atoms with van der Waals surface area (Å²) in [4.78, 5) is 26.1. The van der Waals surface area contributed by atoms with E-state index in [0.717, 1.165) is 0 Å². The Morgan fingerprint density at radius 1 is 1.65 bits per heavy atom. The molecule has 0 aromatic carbocycles. The van der Waals surface area contributed by atoms with Gasteiger partial charge in [-0.05, 0) is 6.92 Å². The Kier molecular flexibility index (Phi) is 4.22. The molecule has 1 amide bonds. The molecule has 0 radical (unpaired) electrons. The number of amides is 1. The molecule has 17 heavy (non-hydrogen) atoms. The van der Waals surface area contributed by atoms with Crippen LogP contribution in [0.4, 0.5) is 0 Å². The van der Waals surface area contributed by atoms with Gasteiger partial charge in [-0.15, -0.1) is 0 Å². The van der Waals surface area contributed by atoms with Crippen LogP contribution in [-0.4, -0.2) is 33.1 Å². The van der Waals surface area contributed by atoms with E-state index >= 15 is 0 Å². The maximum Gasteiger partial charge on any atom is 0.354 e. The first-order valence-corrected chi connectivity index (χ1v) is 4.95. The summed E-state index contributed by atoms with van der Waals surface area (Å²) in [5.74, 6) is -1.02. The van der Waals surface area contributed by atoms with Gasteiger partial charge in [0.05, 0.1) is 18.7 Å². The van der Waals surface area contributed by atoms with Crippen LogP contribution in [0.3, 0.4) is 0 Å². The zero-order valence-corrected chi connectivity index (χ0v) is 9.30. The van der Waals surface area contributed by atoms with Gasteiger partial charge in [-0.3, -0.25) is 4.79 Å². The zero-order valence-electron chi connectivity index (χ0n) is 9.30. The minimum Gasteiger partial charge on any atom is -0.477 e. The molecule has 7 heteroatoms. The smallest absolute Gasteiger partial charge is 0.354 e. The van der Waals surface area contributed by atoms with Gasteiger partial charge in [-0.25, -0.2) is 9.78 Å². The average Bonchev–Trinajstić information content (AvgIpc) is 2.61. The summed E-state index contributed by atoms with van der Waals surface area (Å²) < 4.78 is 1.31. The first kappa shape index (κ1) is 12.7. The van der Waals surface area contributed by atoms with E-state index < -0.39 is 5.97 Å². The molecule has 0 aliphatic heterocycles. The first-order chi connectivity index (χ1) is 8.06. The van der Waals surface area contributed by atoms with Crippen LogP contribution in [0.5, 0.6) is 0 Å². The molecular formula is C10H12N4O3. The Morgan fingerprint density at radius 2 is 2.35 bits per heavy atom. The molecule has 2 N–H and O–H groups in total. The lowest BCUT2D eigenvalue weighted by Crippen LogP contribution is -2.29. The molecular weight excluding hydrogens is 224 g/mol. The highest BCUT2D eigenvalue weighted by atomic mass is 16.4. The van der Waals surface area contributed by atoms with Gasteiger partial charge in [-0.2, -0.15) is 5.26 Å². The summed E-state index contributed by atoms with van der Waals surface area (Å²) in [6.45, 7) is 1.76. The molecule has 7 nitrogen and oxygen atoms in total. The van der Waals surface area contributed by atoms with Crippen molar-refractivity contribution in [1.82, 2.24) is 14.9 Å². The first-order valence-electron chi connectivity index (χ1n) is 4.95. The van der Waals surface area contributed by atoms with Crippen molar-refractivity contribution in [2.75, 3.05) is 6.54 Å². The molecule has 0 aliphatic rings. The summed E-state index contributed by atoms with van der Waals surface area (Å²) >= 11 is 0. The second-order valence-corrected chi connectivity index (χ2v) is 3.34. The lowest BCUT2D eigenvalue weighted by molar-refractivity contribution is -0.121. The van der Waals surface area contributed by atoms with E-state index in [1.54, 1.807) is 6.92 Å². The molecule has 90 valence electrons. The van der Waals surface area contributed by atoms with Crippen molar-refractivity contribution in [2.45, 2.75) is 19.9 Å². The number of hydrogen-bond donors (Lipinski definition) is 2. The number of nitriles is 1. The number of carbonyl (C=O) groups excluding carboxylic acids is 1. The predicted octanol–water partition coefficient (Wildman–Crippen LogP) is -0.0804. The molecule has 0 unspecified atom stereocenters. The van der Waals surface area contributed by atoms with Crippen molar-refractivity contribution in [1.29, 1.82) is 5.26 Å². The minimum absolute atomic E-state index is 0.0297. The van der Waals surface area contributed by atoms with Crippen LogP contribution < -0.4 is 5.32 Å². The summed E-state index contributed by atoms with van der Waals surface area (Å²) in [7, 11) is 0. The van der Waals surface area contributed by atoms with Crippen LogP contribution >= 0.6 is 0 Å². The van der Waals surface area contributed by atoms with Gasteiger partial charge >= 0.3 is 5.97 Å². The molecule has 0 saturated heterocycles. The van der Waals surface area contributed by atoms with E-state index in [-0.39, 0.29) is 31.1 Å². The van der Waals surface area contributed by atoms with Gasteiger partial charge in [-0.1, -0.05) is 0 Å². The largest absolute Gasteiger partial charge is 0.477 e. The van der Waals surface area contributed by atoms with Gasteiger partial charge in [0, 0.05) is 6.54 Å². The number of hydrogen-bond acceptors (Lipinski definition) is 4. The molecule has 1 heterocycles. The van der Waals surface area contributed by atoms with Crippen molar-refractivity contribution in [3.05, 3.63) is 17.7 Å². The Labute approximate surface area is 97.7 Å². The zero-order chi connectivity index (χ0) is 12.8. The number of imidazole rings is 1. The minimum atomic E-state index is -1.13. The molecule has 0 atom stereocenters. The van der Waals surface area contributed by atoms with Crippen LogP contribution in [0.15, 0.2) is 6.20 Å². The molecule has 0 fully saturated rings. The Morgan fingerprint density at radius 3 is 2.94 bits per heavy atom. The third-order valence-electron chi connectivity index (χ3n) is 2.13. The van der Waals surface area contributed by atoms with Crippen molar-refractivity contribution in [3.63, 3.8) is 0 Å². The Bertz CT molecular complexity index is 472. The summed E-state index contributed by atoms with van der Waals surface area (Å²) in [6.07, 6.45) is 1.43. The van der Waals surface area contributed by atoms with Crippen LogP contribution in [0.2, 0.25) is 0 Å². The standard InChI is InChI=1S/C10H12N4O3/c1-7-13-5-8(10(16)17)14(7)6-9(15)12-4-2-3-11/h5H,2,4,6H2,1H3,(H,12,15)(H,16,17). The second-order valence-electron chi connectivity index (χ2n) is 3.34. The number of carboxylic acid groups (broad SMARTS) is 1. The van der Waals surface area contributed by atoms with Gasteiger partial charge in [0.1, 0.15) is 18.1 Å². The lowest BCUT2D eigenvalue weighted by Gasteiger charge is -2.07. The molecule has 1 aromatic heterocycles. The molecule has 1 rings (SSSR count). The van der Waals surface area contributed by atoms with Gasteiger partial charge in [0.2, 0.25) is 5.91 Å². The number of aromatic carboxylic acids is 1. The number of carbonyl (C=O) groups is 2. The SMILES string of the molecule is Cc1ncc(C(=O)O)n1CC(=O)NCCC#N. The number of nitrogens with zero attached hydrogens (tertiary/aromatic N) is 3. The van der Waals surface area contributed by atoms with Crippen LogP contribution in [-0.2, 0) is 11.3 Å². The second kappa shape index (κ2) is 5.65. The predicted molar refractivity (Wildman–Crippen MR) is 57.2 cm³/mol. The van der Waals surface area contributed by atoms with Crippen molar-refractivity contribution < 1.29 is 14.7 Å². The van der Waals surface area contributed by atoms with Gasteiger partial charge in [0.25, 0.3) is 0 Å². The number of aromatic nitrogens is 2. The van der Waals surface area contributed by atoms with Crippen molar-refractivity contribution in [3.8, 4) is 6.07 Å². The quantitative estimate of drug-likeness (QED) is 0.695. The highest BCUT2D eigenvalue weighted by Gasteiger charge is 2.15. The van der Waals surface area contributed by atoms with Gasteiger partial charge in [0.15, 0.2) is 0 Å². The lowest BCUT2D eigenvalue weighted by atomic mass is 10.4. The van der Waals surface area contributed by atoms with E-state index in [1.807, 2.05) is 6.07 Å². The third-order valence-corrected chi connectivity index (χ3v) is 2.13. The van der Waals surface area contributed by atoms with E-state index in [0.29, 0.717) is 5.82 Å². The Hall–Kier alpha value is -2.36. The fourth-order valence-corrected chi connectivity index (χ4v) is 1.30. The highest BCUT2D eigenvalue weighted by Crippen LogP contribution is 2.04. The molecule has 1 aromatic rings. The maximum absolute atomic E-state index is 11.5. The number of carboxylic acids is 1. The normalized spacial score (nSPS) is 9.65. The fraction of sp³-hybridized carbons (Fsp3) is 0.400. The Balaban J connectivity index is 2.68. The molecule has 0 saturated carbocycles. The highest BCUT2D eigenvalue weighted by molar-refractivity contribution is 5.86. The van der Waals surface area contributed by atoms with Crippen molar-refractivity contribution >= 4 is 11.9 Å². The molecule has 0 aliphatic carbocycles. The molecule has 0 spiro atoms. The van der Waals surface area contributed by atoms with E-state index in [9.17, 15) is 9.59 Å². The van der Waals surface area contributed by atoms with Crippen LogP contribution in [0, 0.1) is 18.3 Å². The summed E-state index contributed by atoms with van der Waals surface area (Å²) in [6, 6.07) is 1.89.